The molecule has 1 rings (SSSR count). The largest absolute Gasteiger partial charge is 0.458 e. The molecule has 86 valence electrons. The number of hydrogen-bond donors (Lipinski definition) is 0. The zero-order valence-electron chi connectivity index (χ0n) is 9.13. The Balaban J connectivity index is 2.66. The van der Waals surface area contributed by atoms with Crippen LogP contribution in [0.3, 0.4) is 0 Å². The number of thioether (sulfide) groups is 1. The average molecular weight is 245 g/mol. The topological polar surface area (TPSA) is 50.1 Å². The van der Waals surface area contributed by atoms with Crippen LogP contribution in [-0.2, 0) is 9.53 Å². The van der Waals surface area contributed by atoms with Crippen molar-refractivity contribution in [3.05, 3.63) is 54.0 Å². The number of ether oxygens (including phenoxy) is 1. The maximum atomic E-state index is 11.3. The Morgan fingerprint density at radius 1 is 1.47 bits per heavy atom. The molecule has 0 saturated heterocycles. The minimum absolute atomic E-state index is 0.143. The standard InChI is InChI=1S/C13H11NO2S/c1-2-8-16-13(15)9-12(10-14)17-11-6-4-3-5-7-11/h2-7,9H,1,8H2/b12-9-. The van der Waals surface area contributed by atoms with E-state index in [-0.39, 0.29) is 6.61 Å². The van der Waals surface area contributed by atoms with Crippen LogP contribution in [0, 0.1) is 11.3 Å². The van der Waals surface area contributed by atoms with Crippen LogP contribution in [0.4, 0.5) is 0 Å². The van der Waals surface area contributed by atoms with Crippen molar-refractivity contribution in [2.45, 2.75) is 4.90 Å². The molecule has 0 bridgehead atoms. The molecule has 0 aliphatic rings. The number of benzene rings is 1. The summed E-state index contributed by atoms with van der Waals surface area (Å²) in [5.41, 5.74) is 0. The molecule has 0 fully saturated rings. The molecule has 0 aliphatic carbocycles. The van der Waals surface area contributed by atoms with Crippen molar-refractivity contribution in [2.24, 2.45) is 0 Å². The fourth-order valence-electron chi connectivity index (χ4n) is 0.990. The number of hydrogen-bond acceptors (Lipinski definition) is 4. The minimum Gasteiger partial charge on any atom is -0.458 e. The second-order valence-electron chi connectivity index (χ2n) is 2.95. The van der Waals surface area contributed by atoms with Crippen molar-refractivity contribution in [3.8, 4) is 6.07 Å². The molecule has 3 nitrogen and oxygen atoms in total. The Morgan fingerprint density at radius 3 is 2.76 bits per heavy atom. The van der Waals surface area contributed by atoms with Crippen LogP contribution in [0.5, 0.6) is 0 Å². The van der Waals surface area contributed by atoms with Crippen LogP contribution >= 0.6 is 11.8 Å². The van der Waals surface area contributed by atoms with Gasteiger partial charge in [0.2, 0.25) is 0 Å². The van der Waals surface area contributed by atoms with E-state index in [1.165, 1.54) is 23.9 Å². The van der Waals surface area contributed by atoms with Gasteiger partial charge in [0, 0.05) is 11.0 Å². The van der Waals surface area contributed by atoms with E-state index in [0.29, 0.717) is 4.91 Å². The maximum absolute atomic E-state index is 11.3. The molecule has 0 aromatic heterocycles. The van der Waals surface area contributed by atoms with Gasteiger partial charge in [0.1, 0.15) is 12.7 Å². The fourth-order valence-corrected chi connectivity index (χ4v) is 1.74. The summed E-state index contributed by atoms with van der Waals surface area (Å²) in [6.45, 7) is 3.57. The Hall–Kier alpha value is -1.99. The first-order valence-corrected chi connectivity index (χ1v) is 5.70. The molecule has 0 amide bonds. The summed E-state index contributed by atoms with van der Waals surface area (Å²) in [5, 5.41) is 8.89. The lowest BCUT2D eigenvalue weighted by atomic mass is 10.4. The number of esters is 1. The van der Waals surface area contributed by atoms with Crippen LogP contribution in [-0.4, -0.2) is 12.6 Å². The molecule has 0 atom stereocenters. The molecule has 4 heteroatoms. The number of nitriles is 1. The van der Waals surface area contributed by atoms with E-state index in [1.807, 2.05) is 36.4 Å². The highest BCUT2D eigenvalue weighted by Crippen LogP contribution is 2.25. The van der Waals surface area contributed by atoms with Gasteiger partial charge in [-0.3, -0.25) is 0 Å². The van der Waals surface area contributed by atoms with Crippen molar-refractivity contribution in [1.82, 2.24) is 0 Å². The highest BCUT2D eigenvalue weighted by Gasteiger charge is 2.04. The lowest BCUT2D eigenvalue weighted by molar-refractivity contribution is -0.136. The van der Waals surface area contributed by atoms with Crippen LogP contribution in [0.15, 0.2) is 58.9 Å². The van der Waals surface area contributed by atoms with Crippen LogP contribution in [0.1, 0.15) is 0 Å². The van der Waals surface area contributed by atoms with Gasteiger partial charge in [-0.1, -0.05) is 42.6 Å². The average Bonchev–Trinajstić information content (AvgIpc) is 2.36. The van der Waals surface area contributed by atoms with Gasteiger partial charge in [-0.05, 0) is 12.1 Å². The molecule has 0 radical (unpaired) electrons. The van der Waals surface area contributed by atoms with Gasteiger partial charge in [0.25, 0.3) is 0 Å². The monoisotopic (exact) mass is 245 g/mol. The Kier molecular flexibility index (Phi) is 5.62. The molecular weight excluding hydrogens is 234 g/mol. The summed E-state index contributed by atoms with van der Waals surface area (Å²) in [7, 11) is 0. The number of rotatable bonds is 5. The quantitative estimate of drug-likeness (QED) is 0.263. The summed E-state index contributed by atoms with van der Waals surface area (Å²) in [6.07, 6.45) is 2.66. The van der Waals surface area contributed by atoms with E-state index < -0.39 is 5.97 Å². The Bertz CT molecular complexity index is 460. The normalized spacial score (nSPS) is 10.4. The summed E-state index contributed by atoms with van der Waals surface area (Å²) in [6, 6.07) is 11.3. The Labute approximate surface area is 104 Å². The van der Waals surface area contributed by atoms with E-state index in [2.05, 4.69) is 6.58 Å². The van der Waals surface area contributed by atoms with Gasteiger partial charge in [-0.15, -0.1) is 0 Å². The third-order valence-corrected chi connectivity index (χ3v) is 2.61. The summed E-state index contributed by atoms with van der Waals surface area (Å²) in [4.78, 5) is 12.4. The predicted octanol–water partition coefficient (Wildman–Crippen LogP) is 2.92. The van der Waals surface area contributed by atoms with Crippen molar-refractivity contribution in [1.29, 1.82) is 5.26 Å². The van der Waals surface area contributed by atoms with E-state index >= 15 is 0 Å². The highest BCUT2D eigenvalue weighted by molar-refractivity contribution is 8.03. The Morgan fingerprint density at radius 2 is 2.18 bits per heavy atom. The van der Waals surface area contributed by atoms with E-state index in [4.69, 9.17) is 10.00 Å². The first kappa shape index (κ1) is 13.1. The summed E-state index contributed by atoms with van der Waals surface area (Å²) >= 11 is 1.22. The molecule has 1 aromatic carbocycles. The molecule has 0 spiro atoms. The van der Waals surface area contributed by atoms with Gasteiger partial charge in [-0.2, -0.15) is 5.26 Å². The second kappa shape index (κ2) is 7.31. The third-order valence-electron chi connectivity index (χ3n) is 1.67. The maximum Gasteiger partial charge on any atom is 0.332 e. The lowest BCUT2D eigenvalue weighted by Gasteiger charge is -1.99. The number of nitrogens with zero attached hydrogens (tertiary/aromatic N) is 1. The molecule has 0 unspecified atom stereocenters. The SMILES string of the molecule is C=CCOC(=O)/C=C(/C#N)Sc1ccccc1. The van der Waals surface area contributed by atoms with Crippen molar-refractivity contribution in [3.63, 3.8) is 0 Å². The van der Waals surface area contributed by atoms with E-state index in [0.717, 1.165) is 4.90 Å². The lowest BCUT2D eigenvalue weighted by Crippen LogP contribution is -2.00. The smallest absolute Gasteiger partial charge is 0.332 e. The first-order valence-electron chi connectivity index (χ1n) is 4.88. The van der Waals surface area contributed by atoms with E-state index in [9.17, 15) is 4.79 Å². The van der Waals surface area contributed by atoms with Gasteiger partial charge < -0.3 is 4.74 Å². The zero-order chi connectivity index (χ0) is 12.5. The summed E-state index contributed by atoms with van der Waals surface area (Å²) in [5.74, 6) is -0.537. The molecule has 1 aromatic rings. The van der Waals surface area contributed by atoms with Gasteiger partial charge >= 0.3 is 5.97 Å². The van der Waals surface area contributed by atoms with Crippen molar-refractivity contribution in [2.75, 3.05) is 6.61 Å². The number of allylic oxidation sites excluding steroid dienone is 1. The van der Waals surface area contributed by atoms with Gasteiger partial charge in [-0.25, -0.2) is 4.79 Å². The highest BCUT2D eigenvalue weighted by atomic mass is 32.2. The van der Waals surface area contributed by atoms with Crippen molar-refractivity contribution >= 4 is 17.7 Å². The van der Waals surface area contributed by atoms with Gasteiger partial charge in [0.15, 0.2) is 0 Å². The third kappa shape index (κ3) is 5.05. The molecule has 0 heterocycles. The number of carbonyl (C=O) groups is 1. The molecule has 0 N–H and O–H groups in total. The van der Waals surface area contributed by atoms with Crippen LogP contribution in [0.25, 0.3) is 0 Å². The van der Waals surface area contributed by atoms with E-state index in [1.54, 1.807) is 0 Å². The molecule has 0 saturated carbocycles. The van der Waals surface area contributed by atoms with Crippen LogP contribution < -0.4 is 0 Å². The molecule has 0 aliphatic heterocycles. The first-order chi connectivity index (χ1) is 8.26. The summed E-state index contributed by atoms with van der Waals surface area (Å²) < 4.78 is 4.76. The van der Waals surface area contributed by atoms with Crippen LogP contribution in [0.2, 0.25) is 0 Å². The molecular formula is C13H11NO2S. The predicted molar refractivity (Wildman–Crippen MR) is 67.2 cm³/mol. The molecule has 17 heavy (non-hydrogen) atoms. The zero-order valence-corrected chi connectivity index (χ0v) is 9.94. The van der Waals surface area contributed by atoms with Gasteiger partial charge in [0.05, 0.1) is 4.91 Å². The number of carbonyl (C=O) groups excluding carboxylic acids is 1. The minimum atomic E-state index is -0.537. The fraction of sp³-hybridized carbons (Fsp3) is 0.0769. The second-order valence-corrected chi connectivity index (χ2v) is 4.07. The van der Waals surface area contributed by atoms with Crippen molar-refractivity contribution < 1.29 is 9.53 Å².